The van der Waals surface area contributed by atoms with Crippen molar-refractivity contribution in [3.05, 3.63) is 59.4 Å². The van der Waals surface area contributed by atoms with Crippen LogP contribution in [0.1, 0.15) is 27.9 Å². The number of aryl methyl sites for hydroxylation is 2. The van der Waals surface area contributed by atoms with Gasteiger partial charge in [0.1, 0.15) is 0 Å². The summed E-state index contributed by atoms with van der Waals surface area (Å²) in [5.74, 6) is -1.16. The van der Waals surface area contributed by atoms with E-state index in [9.17, 15) is 9.59 Å². The molecule has 5 heteroatoms. The highest BCUT2D eigenvalue weighted by atomic mass is 16.4. The minimum Gasteiger partial charge on any atom is -0.481 e. The van der Waals surface area contributed by atoms with Crippen LogP contribution in [0.4, 0.5) is 5.69 Å². The Labute approximate surface area is 129 Å². The Balaban J connectivity index is 2.40. The number of aromatic nitrogens is 1. The summed E-state index contributed by atoms with van der Waals surface area (Å²) in [5.41, 5.74) is 3.17. The van der Waals surface area contributed by atoms with Crippen LogP contribution in [0.2, 0.25) is 0 Å². The van der Waals surface area contributed by atoms with Gasteiger partial charge in [0.25, 0.3) is 5.91 Å². The summed E-state index contributed by atoms with van der Waals surface area (Å²) >= 11 is 0. The molecule has 0 saturated carbocycles. The fourth-order valence-corrected chi connectivity index (χ4v) is 2.20. The molecule has 1 heterocycles. The molecule has 0 spiro atoms. The van der Waals surface area contributed by atoms with Gasteiger partial charge in [-0.1, -0.05) is 12.1 Å². The van der Waals surface area contributed by atoms with Gasteiger partial charge < -0.3 is 10.0 Å². The molecule has 0 fully saturated rings. The molecule has 0 saturated heterocycles. The largest absolute Gasteiger partial charge is 0.481 e. The van der Waals surface area contributed by atoms with E-state index < -0.39 is 5.97 Å². The summed E-state index contributed by atoms with van der Waals surface area (Å²) in [6.07, 6.45) is 2.99. The maximum Gasteiger partial charge on any atom is 0.305 e. The first-order valence-electron chi connectivity index (χ1n) is 7.00. The van der Waals surface area contributed by atoms with Crippen LogP contribution in [0.3, 0.4) is 0 Å². The smallest absolute Gasteiger partial charge is 0.305 e. The number of pyridine rings is 1. The molecule has 0 unspecified atom stereocenters. The van der Waals surface area contributed by atoms with Crippen LogP contribution >= 0.6 is 0 Å². The van der Waals surface area contributed by atoms with Crippen molar-refractivity contribution in [2.24, 2.45) is 0 Å². The third-order valence-electron chi connectivity index (χ3n) is 3.38. The molecule has 0 aliphatic carbocycles. The normalized spacial score (nSPS) is 10.3. The lowest BCUT2D eigenvalue weighted by atomic mass is 10.1. The zero-order chi connectivity index (χ0) is 16.1. The molecule has 114 valence electrons. The van der Waals surface area contributed by atoms with Gasteiger partial charge in [0.05, 0.1) is 6.42 Å². The Bertz CT molecular complexity index is 684. The van der Waals surface area contributed by atoms with Crippen LogP contribution in [0, 0.1) is 13.8 Å². The Morgan fingerprint density at radius 2 is 1.82 bits per heavy atom. The monoisotopic (exact) mass is 298 g/mol. The molecule has 22 heavy (non-hydrogen) atoms. The van der Waals surface area contributed by atoms with Gasteiger partial charge in [0.2, 0.25) is 0 Å². The first kappa shape index (κ1) is 15.7. The highest BCUT2D eigenvalue weighted by Gasteiger charge is 2.20. The lowest BCUT2D eigenvalue weighted by Crippen LogP contribution is -2.33. The molecule has 1 N–H and O–H groups in total. The third-order valence-corrected chi connectivity index (χ3v) is 3.38. The summed E-state index contributed by atoms with van der Waals surface area (Å²) in [6, 6.07) is 9.04. The van der Waals surface area contributed by atoms with Crippen molar-refractivity contribution < 1.29 is 14.7 Å². The lowest BCUT2D eigenvalue weighted by Gasteiger charge is -2.24. The van der Waals surface area contributed by atoms with Crippen molar-refractivity contribution >= 4 is 17.6 Å². The number of aliphatic carboxylic acids is 1. The minimum atomic E-state index is -0.933. The first-order valence-corrected chi connectivity index (χ1v) is 7.00. The number of amides is 1. The second kappa shape index (κ2) is 6.85. The summed E-state index contributed by atoms with van der Waals surface area (Å²) in [7, 11) is 0. The van der Waals surface area contributed by atoms with Crippen molar-refractivity contribution in [2.75, 3.05) is 11.4 Å². The van der Waals surface area contributed by atoms with Gasteiger partial charge in [-0.05, 0) is 43.2 Å². The second-order valence-corrected chi connectivity index (χ2v) is 5.13. The zero-order valence-corrected chi connectivity index (χ0v) is 12.6. The van der Waals surface area contributed by atoms with E-state index in [1.165, 1.54) is 4.90 Å². The van der Waals surface area contributed by atoms with E-state index >= 15 is 0 Å². The molecule has 0 aliphatic heterocycles. The number of hydrogen-bond acceptors (Lipinski definition) is 3. The number of hydrogen-bond donors (Lipinski definition) is 1. The van der Waals surface area contributed by atoms with E-state index in [4.69, 9.17) is 5.11 Å². The summed E-state index contributed by atoms with van der Waals surface area (Å²) in [5, 5.41) is 8.94. The van der Waals surface area contributed by atoms with Crippen molar-refractivity contribution in [1.82, 2.24) is 4.98 Å². The topological polar surface area (TPSA) is 70.5 Å². The Morgan fingerprint density at radius 3 is 2.45 bits per heavy atom. The van der Waals surface area contributed by atoms with E-state index in [0.29, 0.717) is 5.56 Å². The fourth-order valence-electron chi connectivity index (χ4n) is 2.20. The number of carbonyl (C=O) groups is 2. The number of benzene rings is 1. The molecule has 0 atom stereocenters. The second-order valence-electron chi connectivity index (χ2n) is 5.13. The van der Waals surface area contributed by atoms with Gasteiger partial charge in [-0.3, -0.25) is 14.6 Å². The van der Waals surface area contributed by atoms with Crippen LogP contribution < -0.4 is 4.90 Å². The Hall–Kier alpha value is -2.69. The molecule has 1 aromatic heterocycles. The van der Waals surface area contributed by atoms with E-state index in [0.717, 1.165) is 16.8 Å². The van der Waals surface area contributed by atoms with Crippen LogP contribution in [0.5, 0.6) is 0 Å². The van der Waals surface area contributed by atoms with Crippen molar-refractivity contribution in [2.45, 2.75) is 20.3 Å². The summed E-state index contributed by atoms with van der Waals surface area (Å²) < 4.78 is 0. The van der Waals surface area contributed by atoms with Crippen molar-refractivity contribution in [3.63, 3.8) is 0 Å². The van der Waals surface area contributed by atoms with Crippen molar-refractivity contribution in [1.29, 1.82) is 0 Å². The van der Waals surface area contributed by atoms with Gasteiger partial charge in [-0.2, -0.15) is 0 Å². The van der Waals surface area contributed by atoms with E-state index in [1.807, 2.05) is 32.0 Å². The SMILES string of the molecule is Cc1ccc(C)c(N(CCC(=O)O)C(=O)c2ccncc2)c1. The number of carbonyl (C=O) groups excluding carboxylic acids is 1. The maximum atomic E-state index is 12.7. The molecule has 2 rings (SSSR count). The molecule has 0 radical (unpaired) electrons. The van der Waals surface area contributed by atoms with Gasteiger partial charge >= 0.3 is 5.97 Å². The van der Waals surface area contributed by atoms with Gasteiger partial charge in [-0.15, -0.1) is 0 Å². The first-order chi connectivity index (χ1) is 10.5. The Morgan fingerprint density at radius 1 is 1.14 bits per heavy atom. The van der Waals surface area contributed by atoms with Crippen molar-refractivity contribution in [3.8, 4) is 0 Å². The highest BCUT2D eigenvalue weighted by molar-refractivity contribution is 6.06. The van der Waals surface area contributed by atoms with Gasteiger partial charge in [-0.25, -0.2) is 0 Å². The van der Waals surface area contributed by atoms with E-state index in [2.05, 4.69) is 4.98 Å². The zero-order valence-electron chi connectivity index (χ0n) is 12.6. The highest BCUT2D eigenvalue weighted by Crippen LogP contribution is 2.23. The summed E-state index contributed by atoms with van der Waals surface area (Å²) in [4.78, 5) is 29.0. The number of rotatable bonds is 5. The molecular formula is C17H18N2O3. The molecular weight excluding hydrogens is 280 g/mol. The predicted molar refractivity (Wildman–Crippen MR) is 84.1 cm³/mol. The molecule has 2 aromatic rings. The molecule has 5 nitrogen and oxygen atoms in total. The van der Waals surface area contributed by atoms with Crippen LogP contribution in [-0.2, 0) is 4.79 Å². The van der Waals surface area contributed by atoms with Gasteiger partial charge in [0, 0.05) is 30.2 Å². The molecule has 1 amide bonds. The average molecular weight is 298 g/mol. The maximum absolute atomic E-state index is 12.7. The van der Waals surface area contributed by atoms with E-state index in [-0.39, 0.29) is 18.9 Å². The number of nitrogens with zero attached hydrogens (tertiary/aromatic N) is 2. The number of carboxylic acid groups (broad SMARTS) is 1. The fraction of sp³-hybridized carbons (Fsp3) is 0.235. The lowest BCUT2D eigenvalue weighted by molar-refractivity contribution is -0.136. The predicted octanol–water partition coefficient (Wildman–Crippen LogP) is 2.82. The number of anilines is 1. The van der Waals surface area contributed by atoms with Crippen LogP contribution in [-0.4, -0.2) is 28.5 Å². The summed E-state index contributed by atoms with van der Waals surface area (Å²) in [6.45, 7) is 3.97. The Kier molecular flexibility index (Phi) is 4.88. The molecule has 0 bridgehead atoms. The van der Waals surface area contributed by atoms with Crippen LogP contribution in [0.15, 0.2) is 42.7 Å². The average Bonchev–Trinajstić information content (AvgIpc) is 2.51. The number of carboxylic acids is 1. The molecule has 0 aliphatic rings. The standard InChI is InChI=1S/C17H18N2O3/c1-12-3-4-13(2)15(11-12)19(10-7-16(20)21)17(22)14-5-8-18-9-6-14/h3-6,8-9,11H,7,10H2,1-2H3,(H,20,21). The van der Waals surface area contributed by atoms with Crippen LogP contribution in [0.25, 0.3) is 0 Å². The molecule has 1 aromatic carbocycles. The third kappa shape index (κ3) is 3.69. The minimum absolute atomic E-state index is 0.107. The quantitative estimate of drug-likeness (QED) is 0.921. The van der Waals surface area contributed by atoms with Gasteiger partial charge in [0.15, 0.2) is 0 Å². The van der Waals surface area contributed by atoms with E-state index in [1.54, 1.807) is 24.5 Å².